The lowest BCUT2D eigenvalue weighted by molar-refractivity contribution is 0.0946. The zero-order chi connectivity index (χ0) is 18.0. The van der Waals surface area contributed by atoms with Crippen molar-refractivity contribution in [1.82, 2.24) is 24.4 Å². The molecule has 3 heterocycles. The Balaban J connectivity index is 1.67. The second-order valence-electron chi connectivity index (χ2n) is 5.69. The highest BCUT2D eigenvalue weighted by Gasteiger charge is 2.24. The Kier molecular flexibility index (Phi) is 4.73. The van der Waals surface area contributed by atoms with E-state index < -0.39 is 10.0 Å². The van der Waals surface area contributed by atoms with Gasteiger partial charge in [0.15, 0.2) is 0 Å². The third kappa shape index (κ3) is 3.80. The van der Waals surface area contributed by atoms with Crippen LogP contribution in [0.5, 0.6) is 5.88 Å². The summed E-state index contributed by atoms with van der Waals surface area (Å²) in [5, 5.41) is 7.18. The fraction of sp³-hybridized carbons (Fsp3) is 0.400. The van der Waals surface area contributed by atoms with Crippen LogP contribution in [0.3, 0.4) is 0 Å². The number of nitrogens with one attached hydrogen (secondary N) is 1. The summed E-state index contributed by atoms with van der Waals surface area (Å²) in [5.41, 5.74) is 1.82. The summed E-state index contributed by atoms with van der Waals surface area (Å²) in [6, 6.07) is 5.09. The molecular formula is C15H19N5O4S. The topological polar surface area (TPSA) is 106 Å². The number of methoxy groups -OCH3 is 1. The Hall–Kier alpha value is -2.46. The number of pyridine rings is 1. The molecule has 25 heavy (non-hydrogen) atoms. The standard InChI is InChI=1S/C15H19N5O4S/c1-24-15-13(4-3-5-16-15)14(21)17-9-11-8-12-10-19(25(2,22)23)6-7-20(12)18-11/h3-5,8H,6-7,9-10H2,1-2H3,(H,17,21). The number of amides is 1. The van der Waals surface area contributed by atoms with Gasteiger partial charge in [0.25, 0.3) is 5.91 Å². The molecule has 0 aliphatic carbocycles. The molecule has 2 aromatic rings. The van der Waals surface area contributed by atoms with Gasteiger partial charge in [0.05, 0.1) is 44.4 Å². The van der Waals surface area contributed by atoms with Crippen LogP contribution in [0.15, 0.2) is 24.4 Å². The van der Waals surface area contributed by atoms with Gasteiger partial charge in [0.2, 0.25) is 15.9 Å². The number of carbonyl (C=O) groups is 1. The minimum atomic E-state index is -3.23. The highest BCUT2D eigenvalue weighted by molar-refractivity contribution is 7.88. The van der Waals surface area contributed by atoms with E-state index in [1.54, 1.807) is 29.1 Å². The second-order valence-corrected chi connectivity index (χ2v) is 7.67. The van der Waals surface area contributed by atoms with Crippen LogP contribution in [-0.4, -0.2) is 53.3 Å². The zero-order valence-electron chi connectivity index (χ0n) is 14.0. The maximum Gasteiger partial charge on any atom is 0.257 e. The van der Waals surface area contributed by atoms with E-state index in [1.165, 1.54) is 17.7 Å². The summed E-state index contributed by atoms with van der Waals surface area (Å²) in [6.07, 6.45) is 2.74. The molecule has 0 aromatic carbocycles. The molecule has 0 saturated heterocycles. The average molecular weight is 365 g/mol. The van der Waals surface area contributed by atoms with Crippen LogP contribution in [0.1, 0.15) is 21.7 Å². The molecule has 134 valence electrons. The molecule has 0 spiro atoms. The molecular weight excluding hydrogens is 346 g/mol. The van der Waals surface area contributed by atoms with Crippen molar-refractivity contribution in [3.63, 3.8) is 0 Å². The van der Waals surface area contributed by atoms with Gasteiger partial charge in [0.1, 0.15) is 5.56 Å². The van der Waals surface area contributed by atoms with Crippen molar-refractivity contribution in [3.8, 4) is 5.88 Å². The molecule has 1 aliphatic heterocycles. The zero-order valence-corrected chi connectivity index (χ0v) is 14.8. The average Bonchev–Trinajstić information content (AvgIpc) is 3.01. The lowest BCUT2D eigenvalue weighted by atomic mass is 10.2. The van der Waals surface area contributed by atoms with Crippen LogP contribution in [0.4, 0.5) is 0 Å². The van der Waals surface area contributed by atoms with Gasteiger partial charge in [-0.25, -0.2) is 13.4 Å². The van der Waals surface area contributed by atoms with Crippen LogP contribution in [-0.2, 0) is 29.7 Å². The monoisotopic (exact) mass is 365 g/mol. The van der Waals surface area contributed by atoms with Gasteiger partial charge >= 0.3 is 0 Å². The molecule has 0 atom stereocenters. The fourth-order valence-corrected chi connectivity index (χ4v) is 3.44. The number of hydrogen-bond acceptors (Lipinski definition) is 6. The van der Waals surface area contributed by atoms with Gasteiger partial charge < -0.3 is 10.1 Å². The predicted molar refractivity (Wildman–Crippen MR) is 89.4 cm³/mol. The summed E-state index contributed by atoms with van der Waals surface area (Å²) in [7, 11) is -1.77. The van der Waals surface area contributed by atoms with E-state index in [2.05, 4.69) is 15.4 Å². The molecule has 1 aliphatic rings. The van der Waals surface area contributed by atoms with E-state index in [-0.39, 0.29) is 24.9 Å². The Bertz CT molecular complexity index is 893. The van der Waals surface area contributed by atoms with Gasteiger partial charge in [-0.05, 0) is 18.2 Å². The van der Waals surface area contributed by atoms with E-state index in [0.29, 0.717) is 24.3 Å². The number of fused-ring (bicyclic) bond motifs is 1. The first-order valence-electron chi connectivity index (χ1n) is 7.66. The van der Waals surface area contributed by atoms with Crippen molar-refractivity contribution in [2.75, 3.05) is 19.9 Å². The number of aromatic nitrogens is 3. The highest BCUT2D eigenvalue weighted by atomic mass is 32.2. The van der Waals surface area contributed by atoms with Crippen molar-refractivity contribution >= 4 is 15.9 Å². The minimum absolute atomic E-state index is 0.232. The first kappa shape index (κ1) is 17.4. The summed E-state index contributed by atoms with van der Waals surface area (Å²) in [4.78, 5) is 16.3. The molecule has 9 nitrogen and oxygen atoms in total. The van der Waals surface area contributed by atoms with Crippen molar-refractivity contribution in [1.29, 1.82) is 0 Å². The van der Waals surface area contributed by atoms with Crippen LogP contribution in [0.2, 0.25) is 0 Å². The van der Waals surface area contributed by atoms with E-state index in [0.717, 1.165) is 5.69 Å². The summed E-state index contributed by atoms with van der Waals surface area (Å²) in [5.74, 6) is -0.0541. The van der Waals surface area contributed by atoms with Gasteiger partial charge in [-0.3, -0.25) is 9.48 Å². The van der Waals surface area contributed by atoms with Gasteiger partial charge in [0, 0.05) is 12.7 Å². The summed E-state index contributed by atoms with van der Waals surface area (Å²) in [6.45, 7) is 1.41. The lowest BCUT2D eigenvalue weighted by Crippen LogP contribution is -2.37. The molecule has 1 amide bonds. The maximum atomic E-state index is 12.3. The number of nitrogens with zero attached hydrogens (tertiary/aromatic N) is 4. The summed E-state index contributed by atoms with van der Waals surface area (Å²) < 4.78 is 31.6. The summed E-state index contributed by atoms with van der Waals surface area (Å²) >= 11 is 0. The van der Waals surface area contributed by atoms with E-state index in [1.807, 2.05) is 0 Å². The third-order valence-corrected chi connectivity index (χ3v) is 5.17. The second kappa shape index (κ2) is 6.81. The quantitative estimate of drug-likeness (QED) is 0.799. The molecule has 0 unspecified atom stereocenters. The predicted octanol–water partition coefficient (Wildman–Crippen LogP) is -0.00810. The molecule has 0 radical (unpaired) electrons. The van der Waals surface area contributed by atoms with Crippen molar-refractivity contribution in [3.05, 3.63) is 41.3 Å². The van der Waals surface area contributed by atoms with E-state index >= 15 is 0 Å². The number of sulfonamides is 1. The number of ether oxygens (including phenoxy) is 1. The van der Waals surface area contributed by atoms with Gasteiger partial charge in [-0.2, -0.15) is 9.40 Å². The van der Waals surface area contributed by atoms with Crippen LogP contribution in [0.25, 0.3) is 0 Å². The number of hydrogen-bond donors (Lipinski definition) is 1. The molecule has 2 aromatic heterocycles. The Morgan fingerprint density at radius 3 is 2.92 bits per heavy atom. The van der Waals surface area contributed by atoms with Crippen LogP contribution >= 0.6 is 0 Å². The SMILES string of the molecule is COc1ncccc1C(=O)NCc1cc2n(n1)CCN(S(C)(=O)=O)C2. The molecule has 3 rings (SSSR count). The third-order valence-electron chi connectivity index (χ3n) is 3.92. The van der Waals surface area contributed by atoms with Crippen LogP contribution in [0, 0.1) is 0 Å². The largest absolute Gasteiger partial charge is 0.480 e. The lowest BCUT2D eigenvalue weighted by Gasteiger charge is -2.25. The fourth-order valence-electron chi connectivity index (χ4n) is 2.66. The smallest absolute Gasteiger partial charge is 0.257 e. The Labute approximate surface area is 145 Å². The van der Waals surface area contributed by atoms with Gasteiger partial charge in [-0.15, -0.1) is 0 Å². The molecule has 0 fully saturated rings. The maximum absolute atomic E-state index is 12.3. The van der Waals surface area contributed by atoms with E-state index in [4.69, 9.17) is 4.74 Å². The number of rotatable bonds is 5. The molecule has 0 bridgehead atoms. The van der Waals surface area contributed by atoms with Crippen LogP contribution < -0.4 is 10.1 Å². The van der Waals surface area contributed by atoms with Crippen molar-refractivity contribution < 1.29 is 17.9 Å². The molecule has 10 heteroatoms. The normalized spacial score (nSPS) is 14.8. The van der Waals surface area contributed by atoms with Crippen molar-refractivity contribution in [2.24, 2.45) is 0 Å². The van der Waals surface area contributed by atoms with E-state index in [9.17, 15) is 13.2 Å². The highest BCUT2D eigenvalue weighted by Crippen LogP contribution is 2.17. The minimum Gasteiger partial charge on any atom is -0.480 e. The Morgan fingerprint density at radius 1 is 1.40 bits per heavy atom. The van der Waals surface area contributed by atoms with Crippen molar-refractivity contribution in [2.45, 2.75) is 19.6 Å². The Morgan fingerprint density at radius 2 is 2.20 bits per heavy atom. The van der Waals surface area contributed by atoms with Gasteiger partial charge in [-0.1, -0.05) is 0 Å². The number of carbonyl (C=O) groups excluding carboxylic acids is 1. The molecule has 0 saturated carbocycles. The first-order valence-corrected chi connectivity index (χ1v) is 9.51. The first-order chi connectivity index (χ1) is 11.9. The molecule has 1 N–H and O–H groups in total.